The van der Waals surface area contributed by atoms with Gasteiger partial charge in [-0.25, -0.2) is 4.98 Å². The van der Waals surface area contributed by atoms with Gasteiger partial charge >= 0.3 is 0 Å². The molecule has 0 aliphatic carbocycles. The monoisotopic (exact) mass is 317 g/mol. The van der Waals surface area contributed by atoms with Crippen molar-refractivity contribution in [3.05, 3.63) is 41.0 Å². The Balaban J connectivity index is 1.88. The van der Waals surface area contributed by atoms with Crippen LogP contribution >= 0.6 is 23.6 Å². The van der Waals surface area contributed by atoms with Crippen molar-refractivity contribution in [2.24, 2.45) is 0 Å². The van der Waals surface area contributed by atoms with Gasteiger partial charge in [-0.1, -0.05) is 12.1 Å². The number of hydrogen-bond acceptors (Lipinski definition) is 5. The smallest absolute Gasteiger partial charge is 0.273 e. The number of thiocarbonyl (C=S) groups is 1. The van der Waals surface area contributed by atoms with Crippen molar-refractivity contribution >= 4 is 40.7 Å². The van der Waals surface area contributed by atoms with Crippen LogP contribution in [0.5, 0.6) is 5.75 Å². The summed E-state index contributed by atoms with van der Waals surface area (Å²) in [5.74, 6) is 0.542. The molecule has 1 aromatic carbocycles. The van der Waals surface area contributed by atoms with Crippen LogP contribution in [0, 0.1) is 0 Å². The Morgan fingerprint density at radius 3 is 2.95 bits per heavy atom. The summed E-state index contributed by atoms with van der Waals surface area (Å²) in [6, 6.07) is 7.69. The highest BCUT2D eigenvalue weighted by Crippen LogP contribution is 2.27. The van der Waals surface area contributed by atoms with Crippen molar-refractivity contribution < 1.29 is 9.53 Å². The third kappa shape index (κ3) is 2.93. The number of methoxy groups -OCH3 is 1. The fourth-order valence-corrected chi connectivity index (χ4v) is 2.85. The Labute approximate surface area is 130 Å². The summed E-state index contributed by atoms with van der Waals surface area (Å²) in [5.41, 5.74) is 2.09. The number of ether oxygens (including phenoxy) is 1. The van der Waals surface area contributed by atoms with Crippen molar-refractivity contribution in [1.82, 2.24) is 15.6 Å². The predicted octanol–water partition coefficient (Wildman–Crippen LogP) is 2.16. The molecular formula is C14H11N3O2S2. The van der Waals surface area contributed by atoms with Gasteiger partial charge in [0.1, 0.15) is 16.5 Å². The van der Waals surface area contributed by atoms with Crippen molar-refractivity contribution in [2.45, 2.75) is 0 Å². The van der Waals surface area contributed by atoms with E-state index in [9.17, 15) is 4.79 Å². The van der Waals surface area contributed by atoms with Crippen molar-refractivity contribution in [3.63, 3.8) is 0 Å². The minimum atomic E-state index is -0.240. The maximum Gasteiger partial charge on any atom is 0.273 e. The summed E-state index contributed by atoms with van der Waals surface area (Å²) < 4.78 is 5.20. The number of amides is 1. The summed E-state index contributed by atoms with van der Waals surface area (Å²) >= 11 is 6.39. The maximum atomic E-state index is 11.6. The molecule has 0 spiro atoms. The second kappa shape index (κ2) is 5.63. The molecule has 1 aromatic heterocycles. The average Bonchev–Trinajstić information content (AvgIpc) is 3.06. The number of aromatic nitrogens is 1. The van der Waals surface area contributed by atoms with Crippen LogP contribution in [0.1, 0.15) is 5.69 Å². The zero-order chi connectivity index (χ0) is 14.8. The van der Waals surface area contributed by atoms with E-state index in [0.717, 1.165) is 16.3 Å². The standard InChI is InChI=1S/C14H11N3O2S2/c1-19-10-4-2-3-8(5-10)13-15-9(7-21-13)6-11-12(18)17-14(20)16-11/h2-7H,1H3,(H2,16,17,18,20). The van der Waals surface area contributed by atoms with Crippen LogP contribution in [0.15, 0.2) is 35.3 Å². The van der Waals surface area contributed by atoms with Crippen LogP contribution in [0.4, 0.5) is 0 Å². The fraction of sp³-hybridized carbons (Fsp3) is 0.0714. The van der Waals surface area contributed by atoms with Crippen LogP contribution in [0.2, 0.25) is 0 Å². The van der Waals surface area contributed by atoms with Gasteiger partial charge in [0.05, 0.1) is 12.8 Å². The Morgan fingerprint density at radius 2 is 2.24 bits per heavy atom. The molecule has 2 heterocycles. The van der Waals surface area contributed by atoms with Gasteiger partial charge in [-0.2, -0.15) is 0 Å². The highest BCUT2D eigenvalue weighted by atomic mass is 32.1. The molecule has 0 bridgehead atoms. The van der Waals surface area contributed by atoms with E-state index < -0.39 is 0 Å². The number of thiazole rings is 1. The SMILES string of the molecule is COc1cccc(-c2nc(C=C3NC(=S)NC3=O)cs2)c1. The first kappa shape index (κ1) is 13.7. The van der Waals surface area contributed by atoms with E-state index in [4.69, 9.17) is 17.0 Å². The lowest BCUT2D eigenvalue weighted by atomic mass is 10.2. The number of hydrogen-bond donors (Lipinski definition) is 2. The van der Waals surface area contributed by atoms with E-state index in [2.05, 4.69) is 15.6 Å². The Morgan fingerprint density at radius 1 is 1.38 bits per heavy atom. The van der Waals surface area contributed by atoms with E-state index in [1.807, 2.05) is 29.6 Å². The van der Waals surface area contributed by atoms with Crippen LogP contribution in [0.3, 0.4) is 0 Å². The zero-order valence-electron chi connectivity index (χ0n) is 11.0. The first-order valence-electron chi connectivity index (χ1n) is 6.10. The molecule has 1 aliphatic heterocycles. The van der Waals surface area contributed by atoms with Gasteiger partial charge in [0, 0.05) is 10.9 Å². The van der Waals surface area contributed by atoms with Crippen LogP contribution in [-0.4, -0.2) is 23.1 Å². The third-order valence-corrected chi connectivity index (χ3v) is 3.96. The molecule has 5 nitrogen and oxygen atoms in total. The zero-order valence-corrected chi connectivity index (χ0v) is 12.7. The second-order valence-electron chi connectivity index (χ2n) is 4.28. The van der Waals surface area contributed by atoms with Gasteiger partial charge < -0.3 is 10.1 Å². The molecule has 0 atom stereocenters. The van der Waals surface area contributed by atoms with Gasteiger partial charge in [0.2, 0.25) is 0 Å². The molecule has 0 saturated carbocycles. The number of nitrogens with one attached hydrogen (secondary N) is 2. The summed E-state index contributed by atoms with van der Waals surface area (Å²) in [7, 11) is 1.63. The third-order valence-electron chi connectivity index (χ3n) is 2.85. The molecule has 3 rings (SSSR count). The lowest BCUT2D eigenvalue weighted by molar-refractivity contribution is -0.115. The number of carbonyl (C=O) groups excluding carboxylic acids is 1. The first-order valence-corrected chi connectivity index (χ1v) is 7.38. The van der Waals surface area contributed by atoms with Gasteiger partial charge in [0.15, 0.2) is 5.11 Å². The summed E-state index contributed by atoms with van der Waals surface area (Å²) in [4.78, 5) is 16.1. The van der Waals surface area contributed by atoms with E-state index >= 15 is 0 Å². The summed E-state index contributed by atoms with van der Waals surface area (Å²) in [5, 5.41) is 8.37. The molecule has 0 unspecified atom stereocenters. The lowest BCUT2D eigenvalue weighted by Crippen LogP contribution is -2.21. The average molecular weight is 317 g/mol. The van der Waals surface area contributed by atoms with Crippen LogP contribution < -0.4 is 15.4 Å². The quantitative estimate of drug-likeness (QED) is 0.671. The molecule has 1 fully saturated rings. The molecular weight excluding hydrogens is 306 g/mol. The Kier molecular flexibility index (Phi) is 3.68. The molecule has 1 aliphatic rings. The normalized spacial score (nSPS) is 16.0. The van der Waals surface area contributed by atoms with Gasteiger partial charge in [-0.05, 0) is 30.4 Å². The van der Waals surface area contributed by atoms with Crippen molar-refractivity contribution in [2.75, 3.05) is 7.11 Å². The Bertz CT molecular complexity index is 752. The largest absolute Gasteiger partial charge is 0.497 e. The van der Waals surface area contributed by atoms with Crippen molar-refractivity contribution in [1.29, 1.82) is 0 Å². The molecule has 21 heavy (non-hydrogen) atoms. The first-order chi connectivity index (χ1) is 10.2. The fourth-order valence-electron chi connectivity index (χ4n) is 1.87. The molecule has 2 aromatic rings. The van der Waals surface area contributed by atoms with Gasteiger partial charge in [0.25, 0.3) is 5.91 Å². The minimum absolute atomic E-state index is 0.240. The summed E-state index contributed by atoms with van der Waals surface area (Å²) in [6.45, 7) is 0. The Hall–Kier alpha value is -2.25. The molecule has 1 saturated heterocycles. The molecule has 106 valence electrons. The second-order valence-corrected chi connectivity index (χ2v) is 5.54. The number of nitrogens with zero attached hydrogens (tertiary/aromatic N) is 1. The highest BCUT2D eigenvalue weighted by molar-refractivity contribution is 7.80. The van der Waals surface area contributed by atoms with Gasteiger partial charge in [-0.3, -0.25) is 10.1 Å². The highest BCUT2D eigenvalue weighted by Gasteiger charge is 2.20. The van der Waals surface area contributed by atoms with Gasteiger partial charge in [-0.15, -0.1) is 11.3 Å². The molecule has 2 N–H and O–H groups in total. The lowest BCUT2D eigenvalue weighted by Gasteiger charge is -2.01. The van der Waals surface area contributed by atoms with E-state index in [0.29, 0.717) is 16.5 Å². The molecule has 7 heteroatoms. The van der Waals surface area contributed by atoms with E-state index in [1.54, 1.807) is 13.2 Å². The van der Waals surface area contributed by atoms with Crippen LogP contribution in [0.25, 0.3) is 16.6 Å². The summed E-state index contributed by atoms with van der Waals surface area (Å²) in [6.07, 6.45) is 1.68. The number of rotatable bonds is 3. The van der Waals surface area contributed by atoms with Crippen molar-refractivity contribution in [3.8, 4) is 16.3 Å². The maximum absolute atomic E-state index is 11.6. The number of benzene rings is 1. The molecule has 0 radical (unpaired) electrons. The minimum Gasteiger partial charge on any atom is -0.497 e. The predicted molar refractivity (Wildman–Crippen MR) is 86.0 cm³/mol. The van der Waals surface area contributed by atoms with E-state index in [1.165, 1.54) is 11.3 Å². The van der Waals surface area contributed by atoms with E-state index in [-0.39, 0.29) is 5.91 Å². The topological polar surface area (TPSA) is 63.2 Å². The molecule has 1 amide bonds. The van der Waals surface area contributed by atoms with Crippen LogP contribution in [-0.2, 0) is 4.79 Å². The number of carbonyl (C=O) groups is 1.